The molecule has 1 aromatic carbocycles. The molecule has 0 aliphatic carbocycles. The number of amides is 5. The highest BCUT2D eigenvalue weighted by atomic mass is 32.1. The molecule has 1 aliphatic heterocycles. The van der Waals surface area contributed by atoms with Crippen LogP contribution in [0.4, 0.5) is 10.5 Å². The summed E-state index contributed by atoms with van der Waals surface area (Å²) in [5.74, 6) is -4.11. The van der Waals surface area contributed by atoms with Crippen LogP contribution in [0, 0.1) is 5.92 Å². The molecule has 5 amide bonds. The normalized spacial score (nSPS) is 15.0. The number of nitrogens with one attached hydrogen (secondary N) is 4. The summed E-state index contributed by atoms with van der Waals surface area (Å²) in [7, 11) is 1.45. The number of hydrazone groups is 1. The van der Waals surface area contributed by atoms with Crippen LogP contribution in [0.3, 0.4) is 0 Å². The van der Waals surface area contributed by atoms with Crippen molar-refractivity contribution in [3.63, 3.8) is 0 Å². The highest BCUT2D eigenvalue weighted by Crippen LogP contribution is 2.17. The number of urea groups is 1. The van der Waals surface area contributed by atoms with E-state index < -0.39 is 35.4 Å². The number of nitrogens with zero attached hydrogens (tertiary/aromatic N) is 1. The maximum Gasteiger partial charge on any atom is 0.328 e. The molecule has 0 saturated carbocycles. The highest BCUT2D eigenvalue weighted by molar-refractivity contribution is 7.80. The maximum absolute atomic E-state index is 12.5. The monoisotopic (exact) mass is 378 g/mol. The van der Waals surface area contributed by atoms with Gasteiger partial charge in [-0.25, -0.2) is 4.79 Å². The van der Waals surface area contributed by atoms with Crippen LogP contribution in [0.5, 0.6) is 5.75 Å². The molecule has 1 saturated heterocycles. The molecular weight excluding hydrogens is 364 g/mol. The largest absolute Gasteiger partial charge is 0.497 e. The minimum atomic E-state index is -1.68. The van der Waals surface area contributed by atoms with Crippen LogP contribution in [0.2, 0.25) is 0 Å². The van der Waals surface area contributed by atoms with Crippen molar-refractivity contribution in [1.82, 2.24) is 16.1 Å². The van der Waals surface area contributed by atoms with E-state index in [2.05, 4.69) is 28.1 Å². The van der Waals surface area contributed by atoms with Crippen LogP contribution in [-0.4, -0.2) is 41.7 Å². The minimum Gasteiger partial charge on any atom is -0.497 e. The highest BCUT2D eigenvalue weighted by Gasteiger charge is 2.41. The summed E-state index contributed by atoms with van der Waals surface area (Å²) < 4.78 is 5.04. The van der Waals surface area contributed by atoms with Crippen molar-refractivity contribution < 1.29 is 23.9 Å². The van der Waals surface area contributed by atoms with E-state index in [0.29, 0.717) is 11.4 Å². The molecule has 2 rings (SSSR count). The second-order valence-corrected chi connectivity index (χ2v) is 5.34. The molecule has 6 N–H and O–H groups in total. The Morgan fingerprint density at radius 1 is 1.27 bits per heavy atom. The van der Waals surface area contributed by atoms with Gasteiger partial charge in [-0.05, 0) is 24.4 Å². The third-order valence-corrected chi connectivity index (χ3v) is 3.21. The number of methoxy groups -OCH3 is 1. The van der Waals surface area contributed by atoms with Crippen LogP contribution in [0.25, 0.3) is 0 Å². The van der Waals surface area contributed by atoms with Crippen LogP contribution in [0.1, 0.15) is 0 Å². The second-order valence-electron chi connectivity index (χ2n) is 4.90. The molecule has 0 atom stereocenters. The number of nitrogens with two attached hydrogens (primary N) is 1. The number of carbonyl (C=O) groups excluding carboxylic acids is 4. The topological polar surface area (TPSA) is 164 Å². The van der Waals surface area contributed by atoms with Crippen molar-refractivity contribution in [2.45, 2.75) is 0 Å². The van der Waals surface area contributed by atoms with Crippen molar-refractivity contribution in [3.05, 3.63) is 24.3 Å². The fourth-order valence-corrected chi connectivity index (χ4v) is 2.07. The molecule has 11 nitrogen and oxygen atoms in total. The van der Waals surface area contributed by atoms with E-state index in [0.717, 1.165) is 0 Å². The standard InChI is InChI=1S/C14H14N6O5S/c1-25-7-4-2-3-6(5-7)16-12(23)9(19-20-13(15)26)8-10(21)17-14(24)18-11(8)22/h2-5,8H,1H3,(H,16,23)(H3,15,20,26)(H2,17,18,21,22,24)/b19-9+. The van der Waals surface area contributed by atoms with Crippen molar-refractivity contribution >= 4 is 52.5 Å². The number of benzene rings is 1. The van der Waals surface area contributed by atoms with Crippen molar-refractivity contribution in [2.24, 2.45) is 16.8 Å². The minimum absolute atomic E-state index is 0.288. The first kappa shape index (κ1) is 18.8. The molecule has 0 spiro atoms. The summed E-state index contributed by atoms with van der Waals surface area (Å²) in [5.41, 5.74) is 7.20. The molecule has 0 bridgehead atoms. The van der Waals surface area contributed by atoms with Gasteiger partial charge in [-0.1, -0.05) is 6.07 Å². The van der Waals surface area contributed by atoms with Crippen molar-refractivity contribution in [3.8, 4) is 5.75 Å². The summed E-state index contributed by atoms with van der Waals surface area (Å²) in [4.78, 5) is 47.7. The Balaban J connectivity index is 2.31. The number of thiocarbonyl (C=S) groups is 1. The Bertz CT molecular complexity index is 804. The summed E-state index contributed by atoms with van der Waals surface area (Å²) in [6, 6.07) is 5.36. The van der Waals surface area contributed by atoms with E-state index in [1.807, 2.05) is 10.6 Å². The molecule has 1 aromatic rings. The summed E-state index contributed by atoms with van der Waals surface area (Å²) >= 11 is 4.60. The maximum atomic E-state index is 12.5. The van der Waals surface area contributed by atoms with Crippen LogP contribution in [-0.2, 0) is 14.4 Å². The average Bonchev–Trinajstić information content (AvgIpc) is 2.56. The third kappa shape index (κ3) is 4.51. The summed E-state index contributed by atoms with van der Waals surface area (Å²) in [5, 5.41) is 9.58. The number of imide groups is 2. The van der Waals surface area contributed by atoms with Gasteiger partial charge < -0.3 is 15.8 Å². The van der Waals surface area contributed by atoms with Gasteiger partial charge >= 0.3 is 6.03 Å². The predicted molar refractivity (Wildman–Crippen MR) is 94.2 cm³/mol. The molecule has 26 heavy (non-hydrogen) atoms. The molecule has 136 valence electrons. The zero-order valence-electron chi connectivity index (χ0n) is 13.4. The van der Waals surface area contributed by atoms with Gasteiger partial charge in [0.15, 0.2) is 11.0 Å². The quantitative estimate of drug-likeness (QED) is 0.185. The Kier molecular flexibility index (Phi) is 5.80. The number of barbiturate groups is 1. The van der Waals surface area contributed by atoms with Crippen molar-refractivity contribution in [2.75, 3.05) is 12.4 Å². The Morgan fingerprint density at radius 3 is 2.50 bits per heavy atom. The zero-order chi connectivity index (χ0) is 19.3. The molecule has 12 heteroatoms. The van der Waals surface area contributed by atoms with Crippen LogP contribution < -0.4 is 31.8 Å². The molecule has 1 fully saturated rings. The van der Waals surface area contributed by atoms with Crippen molar-refractivity contribution in [1.29, 1.82) is 0 Å². The van der Waals surface area contributed by atoms with E-state index >= 15 is 0 Å². The van der Waals surface area contributed by atoms with Crippen LogP contribution in [0.15, 0.2) is 29.4 Å². The summed E-state index contributed by atoms with van der Waals surface area (Å²) in [6.07, 6.45) is 0. The number of hydrogen-bond donors (Lipinski definition) is 5. The predicted octanol–water partition coefficient (Wildman–Crippen LogP) is -1.19. The zero-order valence-corrected chi connectivity index (χ0v) is 14.2. The van der Waals surface area contributed by atoms with E-state index in [1.165, 1.54) is 13.2 Å². The van der Waals surface area contributed by atoms with Gasteiger partial charge in [0.2, 0.25) is 11.8 Å². The first-order chi connectivity index (χ1) is 12.3. The Morgan fingerprint density at radius 2 is 1.92 bits per heavy atom. The lowest BCUT2D eigenvalue weighted by Crippen LogP contribution is -2.59. The molecule has 0 aromatic heterocycles. The van der Waals surface area contributed by atoms with E-state index in [4.69, 9.17) is 10.5 Å². The van der Waals surface area contributed by atoms with Gasteiger partial charge in [0.25, 0.3) is 5.91 Å². The number of ether oxygens (including phenoxy) is 1. The first-order valence-electron chi connectivity index (χ1n) is 7.06. The van der Waals surface area contributed by atoms with E-state index in [9.17, 15) is 19.2 Å². The number of carbonyl (C=O) groups is 4. The fourth-order valence-electron chi connectivity index (χ4n) is 2.02. The third-order valence-electron chi connectivity index (χ3n) is 3.12. The molecule has 1 aliphatic rings. The van der Waals surface area contributed by atoms with E-state index in [1.54, 1.807) is 18.2 Å². The van der Waals surface area contributed by atoms with Gasteiger partial charge in [-0.2, -0.15) is 5.10 Å². The lowest BCUT2D eigenvalue weighted by atomic mass is 9.99. The van der Waals surface area contributed by atoms with Gasteiger partial charge in [-0.3, -0.25) is 30.4 Å². The number of hydrogen-bond acceptors (Lipinski definition) is 7. The lowest BCUT2D eigenvalue weighted by molar-refractivity contribution is -0.133. The first-order valence-corrected chi connectivity index (χ1v) is 7.46. The fraction of sp³-hybridized carbons (Fsp3) is 0.143. The molecule has 0 radical (unpaired) electrons. The Labute approximate surface area is 152 Å². The molecule has 1 heterocycles. The van der Waals surface area contributed by atoms with Crippen LogP contribution >= 0.6 is 12.2 Å². The average molecular weight is 378 g/mol. The van der Waals surface area contributed by atoms with Gasteiger partial charge in [0.05, 0.1) is 7.11 Å². The Hall–Kier alpha value is -3.54. The number of rotatable bonds is 5. The molecular formula is C14H14N6O5S. The van der Waals surface area contributed by atoms with Gasteiger partial charge in [-0.15, -0.1) is 0 Å². The SMILES string of the molecule is COc1cccc(NC(=O)/C(=N/NC(N)=S)C2C(=O)NC(=O)NC2=O)c1. The van der Waals surface area contributed by atoms with Gasteiger partial charge in [0, 0.05) is 11.8 Å². The lowest BCUT2D eigenvalue weighted by Gasteiger charge is -2.21. The second kappa shape index (κ2) is 8.02. The van der Waals surface area contributed by atoms with E-state index in [-0.39, 0.29) is 5.11 Å². The van der Waals surface area contributed by atoms with Gasteiger partial charge in [0.1, 0.15) is 11.5 Å². The smallest absolute Gasteiger partial charge is 0.328 e. The summed E-state index contributed by atoms with van der Waals surface area (Å²) in [6.45, 7) is 0. The molecule has 0 unspecified atom stereocenters. The number of anilines is 1.